The molecule has 0 atom stereocenters. The number of nitrogens with zero attached hydrogens (tertiary/aromatic N) is 1. The predicted octanol–water partition coefficient (Wildman–Crippen LogP) is 3.58. The van der Waals surface area contributed by atoms with Gasteiger partial charge in [0.1, 0.15) is 0 Å². The van der Waals surface area contributed by atoms with Crippen LogP contribution < -0.4 is 5.32 Å². The van der Waals surface area contributed by atoms with Gasteiger partial charge in [-0.25, -0.2) is 0 Å². The van der Waals surface area contributed by atoms with Gasteiger partial charge >= 0.3 is 0 Å². The number of carbonyl (C=O) groups excluding carboxylic acids is 1. The fraction of sp³-hybridized carbons (Fsp3) is 0.588. The molecule has 0 heterocycles. The first-order chi connectivity index (χ1) is 10.1. The summed E-state index contributed by atoms with van der Waals surface area (Å²) in [4.78, 5) is 14.0. The van der Waals surface area contributed by atoms with E-state index in [0.717, 1.165) is 17.6 Å². The van der Waals surface area contributed by atoms with Crippen molar-refractivity contribution in [3.8, 4) is 0 Å². The molecule has 0 bridgehead atoms. The molecule has 0 spiro atoms. The van der Waals surface area contributed by atoms with E-state index in [-0.39, 0.29) is 5.91 Å². The Bertz CT molecular complexity index is 441. The van der Waals surface area contributed by atoms with E-state index >= 15 is 0 Å². The normalized spacial score (nSPS) is 16.1. The van der Waals surface area contributed by atoms with Gasteiger partial charge in [-0.2, -0.15) is 0 Å². The summed E-state index contributed by atoms with van der Waals surface area (Å²) in [5.74, 6) is 0.833. The molecule has 0 radical (unpaired) electrons. The third-order valence-corrected chi connectivity index (χ3v) is 4.62. The monoisotopic (exact) mass is 352 g/mol. The molecule has 1 N–H and O–H groups in total. The Hall–Kier alpha value is -0.870. The van der Waals surface area contributed by atoms with Gasteiger partial charge in [-0.1, -0.05) is 47.3 Å². The fourth-order valence-corrected chi connectivity index (χ4v) is 3.17. The van der Waals surface area contributed by atoms with Gasteiger partial charge in [-0.3, -0.25) is 9.69 Å². The third-order valence-electron chi connectivity index (χ3n) is 4.09. The van der Waals surface area contributed by atoms with Crippen LogP contribution >= 0.6 is 15.9 Å². The number of benzene rings is 1. The zero-order valence-electron chi connectivity index (χ0n) is 12.8. The molecule has 1 aromatic carbocycles. The molecule has 1 aliphatic carbocycles. The zero-order valence-corrected chi connectivity index (χ0v) is 14.4. The van der Waals surface area contributed by atoms with Gasteiger partial charge in [0.05, 0.1) is 6.54 Å². The van der Waals surface area contributed by atoms with Crippen LogP contribution in [0.25, 0.3) is 0 Å². The van der Waals surface area contributed by atoms with Crippen LogP contribution in [-0.4, -0.2) is 30.9 Å². The molecule has 1 aromatic rings. The first-order valence-corrected chi connectivity index (χ1v) is 8.62. The summed E-state index contributed by atoms with van der Waals surface area (Å²) in [5, 5.41) is 3.09. The highest BCUT2D eigenvalue weighted by Gasteiger charge is 2.14. The first-order valence-electron chi connectivity index (χ1n) is 7.83. The Morgan fingerprint density at radius 1 is 1.24 bits per heavy atom. The maximum Gasteiger partial charge on any atom is 0.234 e. The summed E-state index contributed by atoms with van der Waals surface area (Å²) >= 11 is 3.43. The van der Waals surface area contributed by atoms with Crippen molar-refractivity contribution >= 4 is 21.8 Å². The van der Waals surface area contributed by atoms with Crippen LogP contribution in [-0.2, 0) is 11.3 Å². The van der Waals surface area contributed by atoms with Crippen LogP contribution in [0.3, 0.4) is 0 Å². The Morgan fingerprint density at radius 2 is 1.90 bits per heavy atom. The number of halogens is 1. The van der Waals surface area contributed by atoms with Gasteiger partial charge in [0, 0.05) is 17.6 Å². The summed E-state index contributed by atoms with van der Waals surface area (Å²) in [6.07, 6.45) is 6.55. The molecule has 1 aliphatic rings. The molecule has 3 nitrogen and oxygen atoms in total. The largest absolute Gasteiger partial charge is 0.355 e. The maximum absolute atomic E-state index is 12.0. The highest BCUT2D eigenvalue weighted by Crippen LogP contribution is 2.22. The van der Waals surface area contributed by atoms with E-state index < -0.39 is 0 Å². The molecular formula is C17H25BrN2O. The van der Waals surface area contributed by atoms with Gasteiger partial charge in [0.15, 0.2) is 0 Å². The van der Waals surface area contributed by atoms with Crippen molar-refractivity contribution in [3.63, 3.8) is 0 Å². The third kappa shape index (κ3) is 6.18. The van der Waals surface area contributed by atoms with Gasteiger partial charge in [0.25, 0.3) is 0 Å². The lowest BCUT2D eigenvalue weighted by atomic mass is 9.89. The van der Waals surface area contributed by atoms with Gasteiger partial charge < -0.3 is 5.32 Å². The zero-order chi connectivity index (χ0) is 15.1. The fourth-order valence-electron chi connectivity index (χ4n) is 2.91. The molecule has 0 aromatic heterocycles. The van der Waals surface area contributed by atoms with Crippen molar-refractivity contribution in [1.82, 2.24) is 10.2 Å². The minimum absolute atomic E-state index is 0.139. The quantitative estimate of drug-likeness (QED) is 0.848. The van der Waals surface area contributed by atoms with E-state index in [1.807, 2.05) is 19.2 Å². The van der Waals surface area contributed by atoms with E-state index in [0.29, 0.717) is 12.5 Å². The summed E-state index contributed by atoms with van der Waals surface area (Å²) in [7, 11) is 1.99. The summed E-state index contributed by atoms with van der Waals surface area (Å²) < 4.78 is 1.08. The van der Waals surface area contributed by atoms with E-state index in [1.165, 1.54) is 37.7 Å². The van der Waals surface area contributed by atoms with Crippen LogP contribution in [0.2, 0.25) is 0 Å². The maximum atomic E-state index is 12.0. The summed E-state index contributed by atoms with van der Waals surface area (Å²) in [6.45, 7) is 2.11. The van der Waals surface area contributed by atoms with E-state index in [2.05, 4.69) is 38.3 Å². The topological polar surface area (TPSA) is 32.3 Å². The van der Waals surface area contributed by atoms with Gasteiger partial charge in [-0.05, 0) is 43.5 Å². The number of hydrogen-bond donors (Lipinski definition) is 1. The molecule has 1 amide bonds. The summed E-state index contributed by atoms with van der Waals surface area (Å²) in [5.41, 5.74) is 1.22. The number of amides is 1. The molecule has 0 aliphatic heterocycles. The van der Waals surface area contributed by atoms with Crippen molar-refractivity contribution in [3.05, 3.63) is 34.3 Å². The summed E-state index contributed by atoms with van der Waals surface area (Å²) in [6, 6.07) is 8.24. The predicted molar refractivity (Wildman–Crippen MR) is 90.1 cm³/mol. The average Bonchev–Trinajstić information content (AvgIpc) is 2.48. The number of rotatable bonds is 6. The highest BCUT2D eigenvalue weighted by molar-refractivity contribution is 9.10. The van der Waals surface area contributed by atoms with E-state index in [4.69, 9.17) is 0 Å². The van der Waals surface area contributed by atoms with Crippen molar-refractivity contribution in [1.29, 1.82) is 0 Å². The van der Waals surface area contributed by atoms with Gasteiger partial charge in [-0.15, -0.1) is 0 Å². The molecule has 4 heteroatoms. The van der Waals surface area contributed by atoms with Crippen LogP contribution in [0.5, 0.6) is 0 Å². The molecule has 0 unspecified atom stereocenters. The minimum atomic E-state index is 0.139. The SMILES string of the molecule is CN(CC(=O)NCC1CCCCC1)Cc1ccc(Br)cc1. The van der Waals surface area contributed by atoms with E-state index in [9.17, 15) is 4.79 Å². The number of carbonyl (C=O) groups is 1. The van der Waals surface area contributed by atoms with Crippen molar-refractivity contribution < 1.29 is 4.79 Å². The second-order valence-corrected chi connectivity index (χ2v) is 7.02. The lowest BCUT2D eigenvalue weighted by Gasteiger charge is -2.22. The van der Waals surface area contributed by atoms with Crippen LogP contribution in [0.1, 0.15) is 37.7 Å². The Morgan fingerprint density at radius 3 is 2.57 bits per heavy atom. The molecular weight excluding hydrogens is 328 g/mol. The van der Waals surface area contributed by atoms with Crippen molar-refractivity contribution in [2.45, 2.75) is 38.6 Å². The molecule has 1 fully saturated rings. The van der Waals surface area contributed by atoms with Gasteiger partial charge in [0.2, 0.25) is 5.91 Å². The molecule has 0 saturated heterocycles. The second kappa shape index (κ2) is 8.54. The standard InChI is InChI=1S/C17H25BrN2O/c1-20(12-15-7-9-16(18)10-8-15)13-17(21)19-11-14-5-3-2-4-6-14/h7-10,14H,2-6,11-13H2,1H3,(H,19,21). The van der Waals surface area contributed by atoms with Crippen molar-refractivity contribution in [2.24, 2.45) is 5.92 Å². The molecule has 116 valence electrons. The second-order valence-electron chi connectivity index (χ2n) is 6.11. The minimum Gasteiger partial charge on any atom is -0.355 e. The smallest absolute Gasteiger partial charge is 0.234 e. The lowest BCUT2D eigenvalue weighted by Crippen LogP contribution is -2.37. The first kappa shape index (κ1) is 16.5. The average molecular weight is 353 g/mol. The van der Waals surface area contributed by atoms with Crippen LogP contribution in [0, 0.1) is 5.92 Å². The van der Waals surface area contributed by atoms with Crippen LogP contribution in [0.15, 0.2) is 28.7 Å². The number of hydrogen-bond acceptors (Lipinski definition) is 2. The molecule has 1 saturated carbocycles. The Balaban J connectivity index is 1.67. The molecule has 21 heavy (non-hydrogen) atoms. The Labute approximate surface area is 136 Å². The lowest BCUT2D eigenvalue weighted by molar-refractivity contribution is -0.122. The Kier molecular flexibility index (Phi) is 6.71. The van der Waals surface area contributed by atoms with E-state index in [1.54, 1.807) is 0 Å². The molecule has 2 rings (SSSR count). The number of nitrogens with one attached hydrogen (secondary N) is 1. The van der Waals surface area contributed by atoms with Crippen molar-refractivity contribution in [2.75, 3.05) is 20.1 Å². The number of likely N-dealkylation sites (N-methyl/N-ethyl adjacent to an activating group) is 1. The van der Waals surface area contributed by atoms with Crippen LogP contribution in [0.4, 0.5) is 0 Å². The highest BCUT2D eigenvalue weighted by atomic mass is 79.9.